The number of aromatic nitrogens is 3. The third kappa shape index (κ3) is 2.87. The van der Waals surface area contributed by atoms with Crippen LogP contribution in [-0.2, 0) is 0 Å². The molecule has 0 aliphatic heterocycles. The number of hydrogen-bond donors (Lipinski definition) is 3. The number of carbonyl (C=O) groups is 1. The SMILES string of the molecule is Cc1cc(C)c2c(N)c(C(=O)Nc3c(C)[nH]n(-c4ccccc4)c3=O)sc2n1. The van der Waals surface area contributed by atoms with E-state index in [1.807, 2.05) is 50.2 Å². The summed E-state index contributed by atoms with van der Waals surface area (Å²) in [6.07, 6.45) is 0. The predicted octanol–water partition coefficient (Wildman–Crippen LogP) is 3.54. The quantitative estimate of drug-likeness (QED) is 0.495. The topological polar surface area (TPSA) is 106 Å². The molecule has 3 heterocycles. The Hall–Kier alpha value is -3.39. The highest BCUT2D eigenvalue weighted by atomic mass is 32.1. The van der Waals surface area contributed by atoms with E-state index >= 15 is 0 Å². The number of carbonyl (C=O) groups excluding carboxylic acids is 1. The van der Waals surface area contributed by atoms with Crippen LogP contribution in [0.1, 0.15) is 26.6 Å². The maximum Gasteiger partial charge on any atom is 0.295 e. The lowest BCUT2D eigenvalue weighted by molar-refractivity contribution is 0.103. The first kappa shape index (κ1) is 18.0. The minimum Gasteiger partial charge on any atom is -0.397 e. The molecule has 4 N–H and O–H groups in total. The lowest BCUT2D eigenvalue weighted by Gasteiger charge is -2.02. The van der Waals surface area contributed by atoms with E-state index in [2.05, 4.69) is 15.4 Å². The molecule has 8 heteroatoms. The van der Waals surface area contributed by atoms with Crippen LogP contribution in [-0.4, -0.2) is 20.7 Å². The predicted molar refractivity (Wildman–Crippen MR) is 113 cm³/mol. The maximum absolute atomic E-state index is 12.9. The number of nitrogens with two attached hydrogens (primary N) is 1. The summed E-state index contributed by atoms with van der Waals surface area (Å²) in [5.74, 6) is -0.419. The molecule has 0 spiro atoms. The van der Waals surface area contributed by atoms with Gasteiger partial charge in [0.2, 0.25) is 0 Å². The molecule has 0 radical (unpaired) electrons. The smallest absolute Gasteiger partial charge is 0.295 e. The molecule has 1 aromatic carbocycles. The minimum absolute atomic E-state index is 0.201. The zero-order valence-electron chi connectivity index (χ0n) is 15.7. The Morgan fingerprint density at radius 1 is 1.21 bits per heavy atom. The first-order valence-corrected chi connectivity index (χ1v) is 9.53. The Morgan fingerprint density at radius 2 is 1.93 bits per heavy atom. The van der Waals surface area contributed by atoms with E-state index in [1.165, 1.54) is 16.0 Å². The molecule has 7 nitrogen and oxygen atoms in total. The Balaban J connectivity index is 1.73. The first-order chi connectivity index (χ1) is 13.4. The molecular weight excluding hydrogens is 374 g/mol. The van der Waals surface area contributed by atoms with Gasteiger partial charge >= 0.3 is 0 Å². The molecule has 0 unspecified atom stereocenters. The van der Waals surface area contributed by atoms with Crippen molar-refractivity contribution in [1.82, 2.24) is 14.8 Å². The molecule has 1 amide bonds. The number of rotatable bonds is 3. The second-order valence-corrected chi connectivity index (χ2v) is 7.65. The van der Waals surface area contributed by atoms with Crippen molar-refractivity contribution in [1.29, 1.82) is 0 Å². The number of nitrogens with one attached hydrogen (secondary N) is 2. The van der Waals surface area contributed by atoms with Gasteiger partial charge in [0, 0.05) is 11.1 Å². The van der Waals surface area contributed by atoms with Crippen molar-refractivity contribution in [2.24, 2.45) is 0 Å². The van der Waals surface area contributed by atoms with Crippen molar-refractivity contribution in [2.45, 2.75) is 20.8 Å². The molecule has 0 saturated carbocycles. The zero-order valence-corrected chi connectivity index (χ0v) is 16.5. The number of aromatic amines is 1. The van der Waals surface area contributed by atoms with E-state index in [4.69, 9.17) is 5.73 Å². The molecule has 4 rings (SSSR count). The number of fused-ring (bicyclic) bond motifs is 1. The molecule has 0 bridgehead atoms. The number of para-hydroxylation sites is 1. The highest BCUT2D eigenvalue weighted by Gasteiger charge is 2.22. The average molecular weight is 393 g/mol. The Morgan fingerprint density at radius 3 is 2.64 bits per heavy atom. The van der Waals surface area contributed by atoms with Gasteiger partial charge in [0.25, 0.3) is 11.5 Å². The fourth-order valence-electron chi connectivity index (χ4n) is 3.26. The molecule has 0 saturated heterocycles. The molecule has 142 valence electrons. The number of thiophene rings is 1. The van der Waals surface area contributed by atoms with Gasteiger partial charge in [-0.1, -0.05) is 18.2 Å². The Labute approximate surface area is 164 Å². The van der Waals surface area contributed by atoms with Gasteiger partial charge in [0.05, 0.1) is 17.1 Å². The Kier molecular flexibility index (Phi) is 4.27. The summed E-state index contributed by atoms with van der Waals surface area (Å²) in [5.41, 5.74) is 9.58. The number of anilines is 2. The molecule has 0 atom stereocenters. The zero-order chi connectivity index (χ0) is 20.0. The third-order valence-corrected chi connectivity index (χ3v) is 5.65. The number of H-pyrrole nitrogens is 1. The number of hydrogen-bond acceptors (Lipinski definition) is 5. The number of pyridine rings is 1. The van der Waals surface area contributed by atoms with Crippen LogP contribution >= 0.6 is 11.3 Å². The van der Waals surface area contributed by atoms with E-state index in [9.17, 15) is 9.59 Å². The fraction of sp³-hybridized carbons (Fsp3) is 0.150. The number of amides is 1. The molecule has 3 aromatic heterocycles. The van der Waals surface area contributed by atoms with Crippen molar-refractivity contribution in [3.05, 3.63) is 68.6 Å². The number of aryl methyl sites for hydroxylation is 3. The molecule has 0 aliphatic carbocycles. The largest absolute Gasteiger partial charge is 0.397 e. The highest BCUT2D eigenvalue weighted by molar-refractivity contribution is 7.21. The summed E-state index contributed by atoms with van der Waals surface area (Å²) < 4.78 is 1.40. The van der Waals surface area contributed by atoms with Gasteiger partial charge in [-0.15, -0.1) is 11.3 Å². The second-order valence-electron chi connectivity index (χ2n) is 6.65. The molecular formula is C20H19N5O2S. The molecule has 4 aromatic rings. The van der Waals surface area contributed by atoms with Gasteiger partial charge in [-0.05, 0) is 44.5 Å². The van der Waals surface area contributed by atoms with Crippen molar-refractivity contribution in [3.63, 3.8) is 0 Å². The van der Waals surface area contributed by atoms with E-state index in [0.29, 0.717) is 26.8 Å². The van der Waals surface area contributed by atoms with Crippen LogP contribution in [0.3, 0.4) is 0 Å². The Bertz CT molecular complexity index is 1270. The van der Waals surface area contributed by atoms with Crippen LogP contribution < -0.4 is 16.6 Å². The lowest BCUT2D eigenvalue weighted by Crippen LogP contribution is -2.21. The minimum atomic E-state index is -0.419. The summed E-state index contributed by atoms with van der Waals surface area (Å²) in [6.45, 7) is 5.58. The number of benzene rings is 1. The van der Waals surface area contributed by atoms with Gasteiger partial charge < -0.3 is 11.1 Å². The molecule has 28 heavy (non-hydrogen) atoms. The van der Waals surface area contributed by atoms with E-state index in [-0.39, 0.29) is 11.2 Å². The van der Waals surface area contributed by atoms with Crippen molar-refractivity contribution in [2.75, 3.05) is 11.1 Å². The fourth-order valence-corrected chi connectivity index (χ4v) is 4.37. The molecule has 0 aliphatic rings. The second kappa shape index (κ2) is 6.65. The van der Waals surface area contributed by atoms with Crippen LogP contribution in [0.25, 0.3) is 15.9 Å². The summed E-state index contributed by atoms with van der Waals surface area (Å²) in [6, 6.07) is 11.1. The van der Waals surface area contributed by atoms with Crippen molar-refractivity contribution < 1.29 is 4.79 Å². The van der Waals surface area contributed by atoms with Crippen LogP contribution in [0, 0.1) is 20.8 Å². The van der Waals surface area contributed by atoms with Gasteiger partial charge in [0.15, 0.2) is 0 Å². The number of nitrogens with zero attached hydrogens (tertiary/aromatic N) is 2. The molecule has 0 fully saturated rings. The van der Waals surface area contributed by atoms with Crippen LogP contribution in [0.2, 0.25) is 0 Å². The van der Waals surface area contributed by atoms with Gasteiger partial charge in [0.1, 0.15) is 15.4 Å². The van der Waals surface area contributed by atoms with Crippen LogP contribution in [0.4, 0.5) is 11.4 Å². The maximum atomic E-state index is 12.9. The summed E-state index contributed by atoms with van der Waals surface area (Å²) >= 11 is 1.23. The van der Waals surface area contributed by atoms with Crippen LogP contribution in [0.5, 0.6) is 0 Å². The number of nitrogen functional groups attached to an aromatic ring is 1. The lowest BCUT2D eigenvalue weighted by atomic mass is 10.1. The van der Waals surface area contributed by atoms with E-state index in [0.717, 1.165) is 16.6 Å². The first-order valence-electron chi connectivity index (χ1n) is 8.71. The highest BCUT2D eigenvalue weighted by Crippen LogP contribution is 2.35. The normalized spacial score (nSPS) is 11.1. The van der Waals surface area contributed by atoms with Crippen molar-refractivity contribution >= 4 is 38.8 Å². The van der Waals surface area contributed by atoms with Gasteiger partial charge in [-0.2, -0.15) is 0 Å². The summed E-state index contributed by atoms with van der Waals surface area (Å²) in [7, 11) is 0. The average Bonchev–Trinajstić information content (AvgIpc) is 3.13. The third-order valence-electron chi connectivity index (χ3n) is 4.55. The van der Waals surface area contributed by atoms with Gasteiger partial charge in [-0.25, -0.2) is 9.67 Å². The monoisotopic (exact) mass is 393 g/mol. The standard InChI is InChI=1S/C20H19N5O2S/c1-10-9-11(2)22-19-14(10)15(21)17(28-19)18(26)23-16-12(3)24-25(20(16)27)13-7-5-4-6-8-13/h4-9,24H,21H2,1-3H3,(H,23,26). The van der Waals surface area contributed by atoms with Crippen molar-refractivity contribution in [3.8, 4) is 5.69 Å². The van der Waals surface area contributed by atoms with E-state index < -0.39 is 5.91 Å². The van der Waals surface area contributed by atoms with Gasteiger partial charge in [-0.3, -0.25) is 14.7 Å². The van der Waals surface area contributed by atoms with E-state index in [1.54, 1.807) is 6.92 Å². The summed E-state index contributed by atoms with van der Waals surface area (Å²) in [5, 5.41) is 6.50. The summed E-state index contributed by atoms with van der Waals surface area (Å²) in [4.78, 5) is 31.2. The van der Waals surface area contributed by atoms with Crippen LogP contribution in [0.15, 0.2) is 41.2 Å².